The number of ether oxygens (including phenoxy) is 2. The van der Waals surface area contributed by atoms with Crippen LogP contribution >= 0.6 is 11.8 Å². The second-order valence-corrected chi connectivity index (χ2v) is 6.99. The first-order chi connectivity index (χ1) is 13.1. The van der Waals surface area contributed by atoms with E-state index >= 15 is 0 Å². The minimum Gasteiger partial charge on any atom is -0.495 e. The van der Waals surface area contributed by atoms with Crippen molar-refractivity contribution in [3.05, 3.63) is 59.0 Å². The van der Waals surface area contributed by atoms with Gasteiger partial charge >= 0.3 is 0 Å². The number of hydrogen-bond donors (Lipinski definition) is 0. The first kappa shape index (κ1) is 19.0. The zero-order valence-electron chi connectivity index (χ0n) is 15.5. The third kappa shape index (κ3) is 3.57. The SMILES string of the molecule is CCOc1ccc(C2=C(SCC)C(=O)N(c3ccccc3OC)C2=O)cc1. The van der Waals surface area contributed by atoms with Gasteiger partial charge < -0.3 is 9.47 Å². The molecule has 0 bridgehead atoms. The fourth-order valence-corrected chi connectivity index (χ4v) is 3.81. The first-order valence-corrected chi connectivity index (χ1v) is 9.73. The third-order valence-electron chi connectivity index (χ3n) is 4.11. The van der Waals surface area contributed by atoms with Crippen LogP contribution in [0.4, 0.5) is 5.69 Å². The highest BCUT2D eigenvalue weighted by Crippen LogP contribution is 2.41. The molecule has 2 aromatic carbocycles. The van der Waals surface area contributed by atoms with E-state index in [1.807, 2.05) is 38.1 Å². The van der Waals surface area contributed by atoms with Gasteiger partial charge in [-0.2, -0.15) is 0 Å². The summed E-state index contributed by atoms with van der Waals surface area (Å²) < 4.78 is 10.8. The predicted molar refractivity (Wildman–Crippen MR) is 108 cm³/mol. The van der Waals surface area contributed by atoms with Crippen molar-refractivity contribution in [2.75, 3.05) is 24.4 Å². The highest BCUT2D eigenvalue weighted by Gasteiger charge is 2.41. The van der Waals surface area contributed by atoms with E-state index in [4.69, 9.17) is 9.47 Å². The summed E-state index contributed by atoms with van der Waals surface area (Å²) in [5.74, 6) is 1.23. The highest BCUT2D eigenvalue weighted by molar-refractivity contribution is 8.04. The van der Waals surface area contributed by atoms with E-state index in [1.165, 1.54) is 23.8 Å². The van der Waals surface area contributed by atoms with Gasteiger partial charge in [0.25, 0.3) is 11.8 Å². The minimum atomic E-state index is -0.343. The van der Waals surface area contributed by atoms with Crippen molar-refractivity contribution in [1.82, 2.24) is 0 Å². The number of benzene rings is 2. The van der Waals surface area contributed by atoms with Crippen LogP contribution in [-0.4, -0.2) is 31.3 Å². The molecule has 5 nitrogen and oxygen atoms in total. The lowest BCUT2D eigenvalue weighted by atomic mass is 10.1. The quantitative estimate of drug-likeness (QED) is 0.673. The second-order valence-electron chi connectivity index (χ2n) is 5.71. The molecular weight excluding hydrogens is 362 g/mol. The summed E-state index contributed by atoms with van der Waals surface area (Å²) in [5, 5.41) is 0. The van der Waals surface area contributed by atoms with E-state index in [0.717, 1.165) is 5.75 Å². The van der Waals surface area contributed by atoms with Crippen molar-refractivity contribution >= 4 is 34.8 Å². The van der Waals surface area contributed by atoms with Gasteiger partial charge in [-0.1, -0.05) is 31.2 Å². The van der Waals surface area contributed by atoms with Crippen molar-refractivity contribution in [2.24, 2.45) is 0 Å². The highest BCUT2D eigenvalue weighted by atomic mass is 32.2. The van der Waals surface area contributed by atoms with Crippen LogP contribution < -0.4 is 14.4 Å². The Morgan fingerprint density at radius 3 is 2.30 bits per heavy atom. The standard InChI is InChI=1S/C21H21NO4S/c1-4-26-15-12-10-14(11-13-15)18-19(27-5-2)21(24)22(20(18)23)16-8-6-7-9-17(16)25-3/h6-13H,4-5H2,1-3H3. The van der Waals surface area contributed by atoms with Crippen molar-refractivity contribution in [2.45, 2.75) is 13.8 Å². The van der Waals surface area contributed by atoms with Crippen molar-refractivity contribution < 1.29 is 19.1 Å². The van der Waals surface area contributed by atoms with Gasteiger partial charge in [0.2, 0.25) is 0 Å². The first-order valence-electron chi connectivity index (χ1n) is 8.74. The number of imide groups is 1. The molecular formula is C21H21NO4S. The van der Waals surface area contributed by atoms with Crippen LogP contribution in [0.5, 0.6) is 11.5 Å². The Labute approximate surface area is 163 Å². The number of methoxy groups -OCH3 is 1. The number of thioether (sulfide) groups is 1. The Balaban J connectivity index is 2.05. The zero-order chi connectivity index (χ0) is 19.4. The molecule has 1 aliphatic heterocycles. The van der Waals surface area contributed by atoms with Crippen LogP contribution in [0.25, 0.3) is 5.57 Å². The monoisotopic (exact) mass is 383 g/mol. The average Bonchev–Trinajstić information content (AvgIpc) is 2.93. The molecule has 140 valence electrons. The number of carbonyl (C=O) groups is 2. The summed E-state index contributed by atoms with van der Waals surface area (Å²) in [6.45, 7) is 4.44. The molecule has 0 unspecified atom stereocenters. The normalized spacial score (nSPS) is 14.1. The molecule has 0 N–H and O–H groups in total. The van der Waals surface area contributed by atoms with Crippen LogP contribution in [0.1, 0.15) is 19.4 Å². The molecule has 0 spiro atoms. The maximum Gasteiger partial charge on any atom is 0.272 e. The Kier molecular flexibility index (Phi) is 5.86. The molecule has 0 radical (unpaired) electrons. The van der Waals surface area contributed by atoms with Crippen molar-refractivity contribution in [1.29, 1.82) is 0 Å². The minimum absolute atomic E-state index is 0.319. The van der Waals surface area contributed by atoms with Crippen LogP contribution in [0.2, 0.25) is 0 Å². The van der Waals surface area contributed by atoms with Gasteiger partial charge in [-0.15, -0.1) is 11.8 Å². The molecule has 2 aromatic rings. The van der Waals surface area contributed by atoms with E-state index in [-0.39, 0.29) is 11.8 Å². The summed E-state index contributed by atoms with van der Waals surface area (Å²) >= 11 is 1.38. The van der Waals surface area contributed by atoms with Crippen LogP contribution in [0.15, 0.2) is 53.4 Å². The molecule has 2 amide bonds. The molecule has 0 atom stereocenters. The zero-order valence-corrected chi connectivity index (χ0v) is 16.3. The molecule has 0 aromatic heterocycles. The summed E-state index contributed by atoms with van der Waals surface area (Å²) in [6.07, 6.45) is 0. The summed E-state index contributed by atoms with van der Waals surface area (Å²) in [4.78, 5) is 28.0. The van der Waals surface area contributed by atoms with Gasteiger partial charge in [0.1, 0.15) is 11.5 Å². The van der Waals surface area contributed by atoms with E-state index < -0.39 is 0 Å². The number of nitrogens with zero attached hydrogens (tertiary/aromatic N) is 1. The summed E-state index contributed by atoms with van der Waals surface area (Å²) in [5.41, 5.74) is 1.57. The lowest BCUT2D eigenvalue weighted by Crippen LogP contribution is -2.31. The topological polar surface area (TPSA) is 55.8 Å². The number of rotatable bonds is 7. The largest absolute Gasteiger partial charge is 0.495 e. The lowest BCUT2D eigenvalue weighted by Gasteiger charge is -2.18. The Morgan fingerprint density at radius 2 is 1.67 bits per heavy atom. The van der Waals surface area contributed by atoms with E-state index in [2.05, 4.69) is 0 Å². The third-order valence-corrected chi connectivity index (χ3v) is 5.07. The lowest BCUT2D eigenvalue weighted by molar-refractivity contribution is -0.119. The van der Waals surface area contributed by atoms with Gasteiger partial charge in [0.05, 0.1) is 29.9 Å². The average molecular weight is 383 g/mol. The number of anilines is 1. The van der Waals surface area contributed by atoms with Gasteiger partial charge in [-0.05, 0) is 42.5 Å². The van der Waals surface area contributed by atoms with E-state index in [1.54, 1.807) is 24.3 Å². The molecule has 6 heteroatoms. The summed E-state index contributed by atoms with van der Waals surface area (Å²) in [6, 6.07) is 14.3. The smallest absolute Gasteiger partial charge is 0.272 e. The second kappa shape index (κ2) is 8.31. The molecule has 0 aliphatic carbocycles. The molecule has 0 fully saturated rings. The van der Waals surface area contributed by atoms with Crippen molar-refractivity contribution in [3.8, 4) is 11.5 Å². The van der Waals surface area contributed by atoms with Gasteiger partial charge in [0.15, 0.2) is 0 Å². The maximum absolute atomic E-state index is 13.2. The number of hydrogen-bond acceptors (Lipinski definition) is 5. The van der Waals surface area contributed by atoms with Gasteiger partial charge in [-0.25, -0.2) is 4.90 Å². The van der Waals surface area contributed by atoms with E-state index in [0.29, 0.717) is 39.8 Å². The molecule has 0 saturated heterocycles. The Bertz CT molecular complexity index is 889. The van der Waals surface area contributed by atoms with Crippen LogP contribution in [-0.2, 0) is 9.59 Å². The van der Waals surface area contributed by atoms with Gasteiger partial charge in [0, 0.05) is 0 Å². The Hall–Kier alpha value is -2.73. The maximum atomic E-state index is 13.2. The molecule has 1 aliphatic rings. The summed E-state index contributed by atoms with van der Waals surface area (Å²) in [7, 11) is 1.52. The Morgan fingerprint density at radius 1 is 0.963 bits per heavy atom. The van der Waals surface area contributed by atoms with Gasteiger partial charge in [-0.3, -0.25) is 9.59 Å². The fraction of sp³-hybridized carbons (Fsp3) is 0.238. The molecule has 0 saturated carbocycles. The molecule has 27 heavy (non-hydrogen) atoms. The van der Waals surface area contributed by atoms with Crippen molar-refractivity contribution in [3.63, 3.8) is 0 Å². The van der Waals surface area contributed by atoms with Crippen LogP contribution in [0.3, 0.4) is 0 Å². The number of carbonyl (C=O) groups excluding carboxylic acids is 2. The van der Waals surface area contributed by atoms with E-state index in [9.17, 15) is 9.59 Å². The fourth-order valence-electron chi connectivity index (χ4n) is 2.96. The number of amides is 2. The molecule has 3 rings (SSSR count). The number of para-hydroxylation sites is 2. The predicted octanol–water partition coefficient (Wildman–Crippen LogP) is 4.13. The molecule has 1 heterocycles. The van der Waals surface area contributed by atoms with Crippen LogP contribution in [0, 0.1) is 0 Å².